The second-order valence-electron chi connectivity index (χ2n) is 8.99. The van der Waals surface area contributed by atoms with Gasteiger partial charge < -0.3 is 10.2 Å². The predicted octanol–water partition coefficient (Wildman–Crippen LogP) is 3.26. The van der Waals surface area contributed by atoms with Gasteiger partial charge in [-0.25, -0.2) is 12.8 Å². The van der Waals surface area contributed by atoms with E-state index in [0.29, 0.717) is 51.9 Å². The third-order valence-electron chi connectivity index (χ3n) is 6.65. The van der Waals surface area contributed by atoms with Crippen LogP contribution >= 0.6 is 0 Å². The molecule has 2 heterocycles. The first kappa shape index (κ1) is 25.1. The molecule has 0 aliphatic carbocycles. The topological polar surface area (TPSA) is 86.8 Å². The van der Waals surface area contributed by atoms with E-state index >= 15 is 0 Å². The van der Waals surface area contributed by atoms with E-state index in [1.807, 2.05) is 30.3 Å². The van der Waals surface area contributed by atoms with Crippen LogP contribution in [0, 0.1) is 11.7 Å². The number of amides is 2. The summed E-state index contributed by atoms with van der Waals surface area (Å²) in [6.45, 7) is 1.50. The maximum Gasteiger partial charge on any atom is 0.256 e. The van der Waals surface area contributed by atoms with Gasteiger partial charge in [0, 0.05) is 43.5 Å². The number of carbonyl (C=O) groups is 2. The molecule has 0 atom stereocenters. The molecule has 2 saturated heterocycles. The Kier molecular flexibility index (Phi) is 7.97. The molecule has 35 heavy (non-hydrogen) atoms. The molecule has 2 aromatic carbocycles. The monoisotopic (exact) mass is 499 g/mol. The van der Waals surface area contributed by atoms with Crippen molar-refractivity contribution in [1.29, 1.82) is 0 Å². The lowest BCUT2D eigenvalue weighted by molar-refractivity contribution is -0.127. The number of nitrogens with one attached hydrogen (secondary N) is 1. The molecule has 0 radical (unpaired) electrons. The predicted molar refractivity (Wildman–Crippen MR) is 132 cm³/mol. The van der Waals surface area contributed by atoms with Gasteiger partial charge in [-0.15, -0.1) is 0 Å². The van der Waals surface area contributed by atoms with Crippen molar-refractivity contribution in [3.63, 3.8) is 0 Å². The minimum absolute atomic E-state index is 0.0530. The van der Waals surface area contributed by atoms with Gasteiger partial charge in [0.25, 0.3) is 5.91 Å². The van der Waals surface area contributed by atoms with Crippen molar-refractivity contribution in [3.8, 4) is 0 Å². The Morgan fingerprint density at radius 1 is 0.886 bits per heavy atom. The Bertz CT molecular complexity index is 1170. The van der Waals surface area contributed by atoms with Crippen LogP contribution in [0.5, 0.6) is 0 Å². The number of nitrogens with zero attached hydrogens (tertiary/aromatic N) is 2. The molecule has 9 heteroatoms. The molecule has 7 nitrogen and oxygen atoms in total. The molecule has 0 unspecified atom stereocenters. The molecular weight excluding hydrogens is 469 g/mol. The summed E-state index contributed by atoms with van der Waals surface area (Å²) >= 11 is 0. The highest BCUT2D eigenvalue weighted by Crippen LogP contribution is 2.22. The molecule has 2 fully saturated rings. The van der Waals surface area contributed by atoms with Crippen LogP contribution < -0.4 is 5.32 Å². The largest absolute Gasteiger partial charge is 0.353 e. The first-order valence-corrected chi connectivity index (χ1v) is 13.4. The van der Waals surface area contributed by atoms with Gasteiger partial charge in [0.05, 0.1) is 5.56 Å². The van der Waals surface area contributed by atoms with E-state index in [9.17, 15) is 22.4 Å². The highest BCUT2D eigenvalue weighted by atomic mass is 32.2. The molecule has 0 saturated carbocycles. The van der Waals surface area contributed by atoms with Crippen LogP contribution in [0.25, 0.3) is 6.08 Å². The lowest BCUT2D eigenvalue weighted by Crippen LogP contribution is -2.49. The van der Waals surface area contributed by atoms with Crippen LogP contribution in [0.4, 0.5) is 4.39 Å². The second-order valence-corrected chi connectivity index (χ2v) is 10.8. The Balaban J connectivity index is 1.23. The number of benzene rings is 2. The number of halogens is 1. The molecule has 0 bridgehead atoms. The number of hydrogen-bond donors (Lipinski definition) is 1. The van der Waals surface area contributed by atoms with Crippen molar-refractivity contribution in [2.24, 2.45) is 5.92 Å². The minimum atomic E-state index is -3.54. The van der Waals surface area contributed by atoms with Gasteiger partial charge in [0.1, 0.15) is 5.82 Å². The highest BCUT2D eigenvalue weighted by Gasteiger charge is 2.32. The highest BCUT2D eigenvalue weighted by molar-refractivity contribution is 7.92. The number of carbonyl (C=O) groups excluding carboxylic acids is 2. The summed E-state index contributed by atoms with van der Waals surface area (Å²) in [6.07, 6.45) is 3.72. The molecule has 0 aromatic heterocycles. The average Bonchev–Trinajstić information content (AvgIpc) is 2.88. The maximum atomic E-state index is 13.9. The third kappa shape index (κ3) is 6.35. The van der Waals surface area contributed by atoms with Gasteiger partial charge in [-0.3, -0.25) is 9.59 Å². The Morgan fingerprint density at radius 3 is 2.17 bits per heavy atom. The van der Waals surface area contributed by atoms with Crippen molar-refractivity contribution < 1.29 is 22.4 Å². The van der Waals surface area contributed by atoms with E-state index in [-0.39, 0.29) is 29.3 Å². The van der Waals surface area contributed by atoms with E-state index in [0.717, 1.165) is 5.56 Å². The Labute approximate surface area is 205 Å². The van der Waals surface area contributed by atoms with Crippen molar-refractivity contribution in [2.75, 3.05) is 26.2 Å². The maximum absolute atomic E-state index is 13.9. The van der Waals surface area contributed by atoms with Crippen LogP contribution in [0.3, 0.4) is 0 Å². The molecule has 2 amide bonds. The fourth-order valence-corrected chi connectivity index (χ4v) is 5.76. The summed E-state index contributed by atoms with van der Waals surface area (Å²) in [7, 11) is -3.54. The first-order valence-electron chi connectivity index (χ1n) is 11.9. The van der Waals surface area contributed by atoms with Gasteiger partial charge in [0.2, 0.25) is 15.9 Å². The van der Waals surface area contributed by atoms with Gasteiger partial charge in [0.15, 0.2) is 0 Å². The van der Waals surface area contributed by atoms with Gasteiger partial charge >= 0.3 is 0 Å². The van der Waals surface area contributed by atoms with E-state index in [2.05, 4.69) is 5.32 Å². The van der Waals surface area contributed by atoms with Gasteiger partial charge in [-0.2, -0.15) is 4.31 Å². The SMILES string of the molecule is O=C(NC1CCN(C(=O)c2ccccc2F)CC1)C1CCN(S(=O)(=O)C=Cc2ccccc2)CC1. The number of rotatable bonds is 6. The van der Waals surface area contributed by atoms with Crippen molar-refractivity contribution >= 4 is 27.9 Å². The van der Waals surface area contributed by atoms with Crippen molar-refractivity contribution in [1.82, 2.24) is 14.5 Å². The molecule has 2 aliphatic rings. The number of piperidine rings is 2. The lowest BCUT2D eigenvalue weighted by Gasteiger charge is -2.34. The molecule has 2 aliphatic heterocycles. The van der Waals surface area contributed by atoms with Crippen LogP contribution in [-0.2, 0) is 14.8 Å². The average molecular weight is 500 g/mol. The van der Waals surface area contributed by atoms with Crippen molar-refractivity contribution in [3.05, 3.63) is 76.9 Å². The summed E-state index contributed by atoms with van der Waals surface area (Å²) in [5.41, 5.74) is 0.877. The van der Waals surface area contributed by atoms with Gasteiger partial charge in [-0.05, 0) is 49.5 Å². The fourth-order valence-electron chi connectivity index (χ4n) is 4.54. The normalized spacial score (nSPS) is 18.6. The quantitative estimate of drug-likeness (QED) is 0.661. The first-order chi connectivity index (χ1) is 16.8. The second kappa shape index (κ2) is 11.1. The smallest absolute Gasteiger partial charge is 0.256 e. The zero-order valence-electron chi connectivity index (χ0n) is 19.5. The molecule has 2 aromatic rings. The summed E-state index contributed by atoms with van der Waals surface area (Å²) < 4.78 is 40.6. The summed E-state index contributed by atoms with van der Waals surface area (Å²) in [5, 5.41) is 4.29. The summed E-state index contributed by atoms with van der Waals surface area (Å²) in [6, 6.07) is 15.1. The minimum Gasteiger partial charge on any atom is -0.353 e. The lowest BCUT2D eigenvalue weighted by atomic mass is 9.95. The Hall–Kier alpha value is -3.04. The van der Waals surface area contributed by atoms with Crippen LogP contribution in [0.2, 0.25) is 0 Å². The summed E-state index contributed by atoms with van der Waals surface area (Å²) in [5.74, 6) is -1.17. The van der Waals surface area contributed by atoms with E-state index < -0.39 is 15.8 Å². The van der Waals surface area contributed by atoms with E-state index in [1.165, 1.54) is 21.8 Å². The van der Waals surface area contributed by atoms with Crippen LogP contribution in [0.1, 0.15) is 41.6 Å². The zero-order chi connectivity index (χ0) is 24.8. The standard InChI is InChI=1S/C26H30FN3O4S/c27-24-9-5-4-8-23(24)26(32)29-15-12-22(13-16-29)28-25(31)21-10-17-30(18-11-21)35(33,34)19-14-20-6-2-1-3-7-20/h1-9,14,19,21-22H,10-13,15-18H2,(H,28,31). The summed E-state index contributed by atoms with van der Waals surface area (Å²) in [4.78, 5) is 27.0. The fraction of sp³-hybridized carbons (Fsp3) is 0.385. The van der Waals surface area contributed by atoms with Gasteiger partial charge in [-0.1, -0.05) is 42.5 Å². The third-order valence-corrected chi connectivity index (χ3v) is 8.21. The molecule has 0 spiro atoms. The molecular formula is C26H30FN3O4S. The molecule has 1 N–H and O–H groups in total. The molecule has 4 rings (SSSR count). The van der Waals surface area contributed by atoms with Crippen LogP contribution in [0.15, 0.2) is 60.0 Å². The Morgan fingerprint density at radius 2 is 1.51 bits per heavy atom. The molecule has 186 valence electrons. The zero-order valence-corrected chi connectivity index (χ0v) is 20.3. The number of hydrogen-bond acceptors (Lipinski definition) is 4. The van der Waals surface area contributed by atoms with E-state index in [4.69, 9.17) is 0 Å². The number of likely N-dealkylation sites (tertiary alicyclic amines) is 1. The van der Waals surface area contributed by atoms with Crippen molar-refractivity contribution in [2.45, 2.75) is 31.7 Å². The van der Waals surface area contributed by atoms with E-state index in [1.54, 1.807) is 23.1 Å². The number of sulfonamides is 1. The van der Waals surface area contributed by atoms with Crippen LogP contribution in [-0.4, -0.2) is 61.7 Å².